The van der Waals surface area contributed by atoms with Crippen molar-refractivity contribution in [3.8, 4) is 0 Å². The number of unbranched alkanes of at least 4 members (excludes halogenated alkanes) is 11. The van der Waals surface area contributed by atoms with Gasteiger partial charge in [0.05, 0.1) is 0 Å². The molecule has 0 aliphatic carbocycles. The van der Waals surface area contributed by atoms with Crippen molar-refractivity contribution in [2.75, 3.05) is 26.4 Å². The molecule has 0 atom stereocenters. The summed E-state index contributed by atoms with van der Waals surface area (Å²) in [6, 6.07) is 0. The molecular formula is C26H54O2. The lowest BCUT2D eigenvalue weighted by molar-refractivity contribution is 0.117. The van der Waals surface area contributed by atoms with Crippen LogP contribution in [0, 0.1) is 11.8 Å². The van der Waals surface area contributed by atoms with Gasteiger partial charge in [-0.25, -0.2) is 0 Å². The molecule has 0 bridgehead atoms. The van der Waals surface area contributed by atoms with E-state index >= 15 is 0 Å². The Morgan fingerprint density at radius 1 is 0.357 bits per heavy atom. The first-order chi connectivity index (χ1) is 13.6. The second-order valence-electron chi connectivity index (χ2n) is 9.54. The molecule has 0 rings (SSSR count). The molecule has 0 aliphatic heterocycles. The Balaban J connectivity index is 3.00. The van der Waals surface area contributed by atoms with Crippen molar-refractivity contribution >= 4 is 0 Å². The molecule has 0 saturated carbocycles. The lowest BCUT2D eigenvalue weighted by Gasteiger charge is -2.07. The molecule has 0 amide bonds. The van der Waals surface area contributed by atoms with Crippen LogP contribution in [-0.2, 0) is 9.47 Å². The van der Waals surface area contributed by atoms with Crippen LogP contribution >= 0.6 is 0 Å². The average Bonchev–Trinajstić information content (AvgIpc) is 2.65. The van der Waals surface area contributed by atoms with Gasteiger partial charge < -0.3 is 9.47 Å². The van der Waals surface area contributed by atoms with E-state index in [0.717, 1.165) is 38.3 Å². The topological polar surface area (TPSA) is 18.5 Å². The Kier molecular flexibility index (Phi) is 23.1. The average molecular weight is 399 g/mol. The molecule has 2 nitrogen and oxygen atoms in total. The van der Waals surface area contributed by atoms with Crippen molar-refractivity contribution in [1.29, 1.82) is 0 Å². The highest BCUT2D eigenvalue weighted by atomic mass is 16.5. The first-order valence-electron chi connectivity index (χ1n) is 12.8. The van der Waals surface area contributed by atoms with E-state index in [4.69, 9.17) is 9.47 Å². The van der Waals surface area contributed by atoms with Gasteiger partial charge in [0, 0.05) is 26.4 Å². The molecule has 0 radical (unpaired) electrons. The van der Waals surface area contributed by atoms with E-state index in [1.165, 1.54) is 103 Å². The summed E-state index contributed by atoms with van der Waals surface area (Å²) in [5.74, 6) is 1.73. The van der Waals surface area contributed by atoms with Crippen LogP contribution in [0.2, 0.25) is 0 Å². The molecule has 0 saturated heterocycles. The van der Waals surface area contributed by atoms with Crippen molar-refractivity contribution in [3.63, 3.8) is 0 Å². The Morgan fingerprint density at radius 2 is 0.607 bits per heavy atom. The first kappa shape index (κ1) is 27.9. The van der Waals surface area contributed by atoms with Crippen molar-refractivity contribution in [2.24, 2.45) is 11.8 Å². The number of hydrogen-bond acceptors (Lipinski definition) is 2. The third-order valence-corrected chi connectivity index (χ3v) is 5.47. The Bertz CT molecular complexity index is 248. The van der Waals surface area contributed by atoms with E-state index in [9.17, 15) is 0 Å². The van der Waals surface area contributed by atoms with Crippen LogP contribution in [0.15, 0.2) is 0 Å². The second-order valence-corrected chi connectivity index (χ2v) is 9.54. The van der Waals surface area contributed by atoms with E-state index in [-0.39, 0.29) is 0 Å². The van der Waals surface area contributed by atoms with Gasteiger partial charge in [-0.2, -0.15) is 0 Å². The summed E-state index contributed by atoms with van der Waals surface area (Å²) < 4.78 is 11.5. The number of hydrogen-bond donors (Lipinski definition) is 0. The van der Waals surface area contributed by atoms with Crippen LogP contribution in [-0.4, -0.2) is 26.4 Å². The summed E-state index contributed by atoms with van der Waals surface area (Å²) in [6.07, 6.45) is 21.3. The zero-order chi connectivity index (χ0) is 20.7. The second kappa shape index (κ2) is 23.2. The molecule has 0 heterocycles. The molecule has 170 valence electrons. The molecule has 2 heteroatoms. The third-order valence-electron chi connectivity index (χ3n) is 5.47. The molecule has 0 aromatic rings. The van der Waals surface area contributed by atoms with Gasteiger partial charge in [0.15, 0.2) is 0 Å². The van der Waals surface area contributed by atoms with E-state index < -0.39 is 0 Å². The Hall–Kier alpha value is -0.0800. The predicted molar refractivity (Wildman–Crippen MR) is 125 cm³/mol. The minimum atomic E-state index is 0.865. The van der Waals surface area contributed by atoms with Crippen molar-refractivity contribution in [2.45, 2.75) is 130 Å². The molecule has 0 unspecified atom stereocenters. The van der Waals surface area contributed by atoms with Crippen molar-refractivity contribution in [3.05, 3.63) is 0 Å². The minimum Gasteiger partial charge on any atom is -0.381 e. The summed E-state index contributed by atoms with van der Waals surface area (Å²) in [6.45, 7) is 13.1. The highest BCUT2D eigenvalue weighted by Gasteiger charge is 1.97. The smallest absolute Gasteiger partial charge is 0.0466 e. The fourth-order valence-electron chi connectivity index (χ4n) is 3.54. The lowest BCUT2D eigenvalue weighted by Crippen LogP contribution is -1.99. The standard InChI is InChI=1S/C26H54O2/c1-25(2)19-13-7-5-9-15-21-27-23-17-11-12-18-24-28-22-16-10-6-8-14-20-26(3)4/h25-26H,5-24H2,1-4H3. The van der Waals surface area contributed by atoms with Gasteiger partial charge in [0.1, 0.15) is 0 Å². The van der Waals surface area contributed by atoms with E-state index in [1.807, 2.05) is 0 Å². The molecule has 0 aliphatic rings. The summed E-state index contributed by atoms with van der Waals surface area (Å²) >= 11 is 0. The normalized spacial score (nSPS) is 11.8. The number of rotatable bonds is 23. The van der Waals surface area contributed by atoms with Gasteiger partial charge in [-0.15, -0.1) is 0 Å². The van der Waals surface area contributed by atoms with Crippen LogP contribution in [0.4, 0.5) is 0 Å². The van der Waals surface area contributed by atoms with Gasteiger partial charge in [0.25, 0.3) is 0 Å². The molecular weight excluding hydrogens is 344 g/mol. The fourth-order valence-corrected chi connectivity index (χ4v) is 3.54. The van der Waals surface area contributed by atoms with Crippen LogP contribution in [0.25, 0.3) is 0 Å². The molecule has 0 spiro atoms. The van der Waals surface area contributed by atoms with Crippen LogP contribution in [0.5, 0.6) is 0 Å². The maximum absolute atomic E-state index is 5.76. The van der Waals surface area contributed by atoms with Crippen LogP contribution < -0.4 is 0 Å². The fraction of sp³-hybridized carbons (Fsp3) is 1.00. The third kappa shape index (κ3) is 25.9. The van der Waals surface area contributed by atoms with Gasteiger partial charge in [-0.05, 0) is 37.5 Å². The van der Waals surface area contributed by atoms with Crippen molar-refractivity contribution < 1.29 is 9.47 Å². The first-order valence-corrected chi connectivity index (χ1v) is 12.8. The maximum atomic E-state index is 5.76. The Labute approximate surface area is 178 Å². The SMILES string of the molecule is CC(C)CCCCCCCOCCCCCCOCCCCCCCC(C)C. The molecule has 0 aromatic heterocycles. The lowest BCUT2D eigenvalue weighted by atomic mass is 10.0. The van der Waals surface area contributed by atoms with Gasteiger partial charge in [-0.1, -0.05) is 105 Å². The zero-order valence-corrected chi connectivity index (χ0v) is 20.1. The van der Waals surface area contributed by atoms with E-state index in [0.29, 0.717) is 0 Å². The van der Waals surface area contributed by atoms with Gasteiger partial charge in [-0.3, -0.25) is 0 Å². The zero-order valence-electron chi connectivity index (χ0n) is 20.1. The van der Waals surface area contributed by atoms with Crippen LogP contribution in [0.3, 0.4) is 0 Å². The van der Waals surface area contributed by atoms with Crippen molar-refractivity contribution in [1.82, 2.24) is 0 Å². The number of ether oxygens (including phenoxy) is 2. The molecule has 28 heavy (non-hydrogen) atoms. The highest BCUT2D eigenvalue weighted by molar-refractivity contribution is 4.50. The molecule has 0 fully saturated rings. The maximum Gasteiger partial charge on any atom is 0.0466 e. The van der Waals surface area contributed by atoms with Gasteiger partial charge in [0.2, 0.25) is 0 Å². The quantitative estimate of drug-likeness (QED) is 0.160. The molecule has 0 N–H and O–H groups in total. The monoisotopic (exact) mass is 398 g/mol. The summed E-state index contributed by atoms with van der Waals surface area (Å²) in [4.78, 5) is 0. The molecule has 0 aromatic carbocycles. The predicted octanol–water partition coefficient (Wildman–Crippen LogP) is 8.57. The largest absolute Gasteiger partial charge is 0.381 e. The van der Waals surface area contributed by atoms with Crippen LogP contribution in [0.1, 0.15) is 130 Å². The van der Waals surface area contributed by atoms with E-state index in [2.05, 4.69) is 27.7 Å². The highest BCUT2D eigenvalue weighted by Crippen LogP contribution is 2.11. The summed E-state index contributed by atoms with van der Waals surface area (Å²) in [5, 5.41) is 0. The van der Waals surface area contributed by atoms with E-state index in [1.54, 1.807) is 0 Å². The van der Waals surface area contributed by atoms with Gasteiger partial charge >= 0.3 is 0 Å². The summed E-state index contributed by atoms with van der Waals surface area (Å²) in [7, 11) is 0. The Morgan fingerprint density at radius 3 is 0.893 bits per heavy atom. The summed E-state index contributed by atoms with van der Waals surface area (Å²) in [5.41, 5.74) is 0. The minimum absolute atomic E-state index is 0.865.